The number of hydrogen-bond acceptors (Lipinski definition) is 1. The lowest BCUT2D eigenvalue weighted by Crippen LogP contribution is -2.10. The zero-order chi connectivity index (χ0) is 17.9. The minimum absolute atomic E-state index is 1.15. The van der Waals surface area contributed by atoms with Crippen LogP contribution in [0.15, 0.2) is 97.1 Å². The third kappa shape index (κ3) is 3.02. The molecule has 0 bridgehead atoms. The first kappa shape index (κ1) is 16.2. The minimum Gasteiger partial charge on any atom is -0.319 e. The summed E-state index contributed by atoms with van der Waals surface area (Å²) in [4.78, 5) is 2.28. The van der Waals surface area contributed by atoms with Gasteiger partial charge < -0.3 is 9.47 Å². The number of aromatic nitrogens is 1. The van der Waals surface area contributed by atoms with E-state index in [2.05, 4.69) is 108 Å². The SMILES string of the molecule is Cc1ccc(C)n1-c1ccc(N(c2ccccc2)c2ccccc2)cc1. The molecule has 26 heavy (non-hydrogen) atoms. The topological polar surface area (TPSA) is 8.17 Å². The standard InChI is InChI=1S/C24H22N2/c1-19-13-14-20(2)25(19)23-15-17-24(18-16-23)26(21-9-5-3-6-10-21)22-11-7-4-8-12-22/h3-18H,1-2H3. The molecule has 1 aromatic heterocycles. The number of anilines is 3. The quantitative estimate of drug-likeness (QED) is 0.409. The Morgan fingerprint density at radius 1 is 0.500 bits per heavy atom. The molecule has 1 heterocycles. The molecule has 128 valence electrons. The van der Waals surface area contributed by atoms with E-state index in [-0.39, 0.29) is 0 Å². The first-order valence-electron chi connectivity index (χ1n) is 8.90. The average Bonchev–Trinajstić information content (AvgIpc) is 3.03. The Bertz CT molecular complexity index is 925. The first-order chi connectivity index (χ1) is 12.7. The summed E-state index contributed by atoms with van der Waals surface area (Å²) in [6.07, 6.45) is 0. The van der Waals surface area contributed by atoms with Crippen LogP contribution in [0.5, 0.6) is 0 Å². The van der Waals surface area contributed by atoms with Crippen LogP contribution in [-0.2, 0) is 0 Å². The molecule has 0 fully saturated rings. The monoisotopic (exact) mass is 338 g/mol. The van der Waals surface area contributed by atoms with Gasteiger partial charge in [0.1, 0.15) is 0 Å². The highest BCUT2D eigenvalue weighted by Gasteiger charge is 2.12. The molecule has 2 nitrogen and oxygen atoms in total. The summed E-state index contributed by atoms with van der Waals surface area (Å²) in [6, 6.07) is 34.0. The van der Waals surface area contributed by atoms with Gasteiger partial charge >= 0.3 is 0 Å². The van der Waals surface area contributed by atoms with Crippen molar-refractivity contribution in [3.8, 4) is 5.69 Å². The van der Waals surface area contributed by atoms with Gasteiger partial charge in [0.15, 0.2) is 0 Å². The van der Waals surface area contributed by atoms with Gasteiger partial charge in [0.25, 0.3) is 0 Å². The second kappa shape index (κ2) is 6.93. The van der Waals surface area contributed by atoms with Crippen molar-refractivity contribution < 1.29 is 0 Å². The van der Waals surface area contributed by atoms with Crippen molar-refractivity contribution in [2.75, 3.05) is 4.90 Å². The molecule has 0 saturated carbocycles. The van der Waals surface area contributed by atoms with Crippen LogP contribution in [0, 0.1) is 13.8 Å². The Morgan fingerprint density at radius 3 is 1.38 bits per heavy atom. The van der Waals surface area contributed by atoms with E-state index in [0.717, 1.165) is 17.1 Å². The van der Waals surface area contributed by atoms with Crippen molar-refractivity contribution in [2.45, 2.75) is 13.8 Å². The maximum absolute atomic E-state index is 2.28. The van der Waals surface area contributed by atoms with Crippen molar-refractivity contribution in [3.05, 3.63) is 108 Å². The van der Waals surface area contributed by atoms with Crippen molar-refractivity contribution >= 4 is 17.1 Å². The van der Waals surface area contributed by atoms with Gasteiger partial charge in [-0.2, -0.15) is 0 Å². The lowest BCUT2D eigenvalue weighted by Gasteiger charge is -2.25. The Kier molecular flexibility index (Phi) is 4.32. The fourth-order valence-corrected chi connectivity index (χ4v) is 3.43. The molecule has 0 saturated heterocycles. The molecular formula is C24H22N2. The summed E-state index contributed by atoms with van der Waals surface area (Å²) in [5.41, 5.74) is 7.14. The van der Waals surface area contributed by atoms with Crippen LogP contribution in [-0.4, -0.2) is 4.57 Å². The zero-order valence-electron chi connectivity index (χ0n) is 15.1. The van der Waals surface area contributed by atoms with E-state index in [1.807, 2.05) is 12.1 Å². The van der Waals surface area contributed by atoms with Gasteiger partial charge in [-0.25, -0.2) is 0 Å². The Balaban J connectivity index is 1.78. The van der Waals surface area contributed by atoms with Gasteiger partial charge in [0.05, 0.1) is 0 Å². The van der Waals surface area contributed by atoms with E-state index in [1.165, 1.54) is 17.1 Å². The molecule has 4 rings (SSSR count). The maximum Gasteiger partial charge on any atom is 0.0463 e. The van der Waals surface area contributed by atoms with Crippen LogP contribution in [0.25, 0.3) is 5.69 Å². The van der Waals surface area contributed by atoms with E-state index < -0.39 is 0 Å². The predicted molar refractivity (Wildman–Crippen MR) is 110 cm³/mol. The summed E-state index contributed by atoms with van der Waals surface area (Å²) >= 11 is 0. The fraction of sp³-hybridized carbons (Fsp3) is 0.0833. The molecule has 0 aliphatic carbocycles. The van der Waals surface area contributed by atoms with Crippen molar-refractivity contribution in [1.82, 2.24) is 4.57 Å². The van der Waals surface area contributed by atoms with Gasteiger partial charge in [0.2, 0.25) is 0 Å². The Hall–Kier alpha value is -3.26. The summed E-state index contributed by atoms with van der Waals surface area (Å²) in [5.74, 6) is 0. The van der Waals surface area contributed by atoms with E-state index in [0.29, 0.717) is 0 Å². The molecule has 4 aromatic rings. The molecule has 0 N–H and O–H groups in total. The molecule has 0 radical (unpaired) electrons. The number of aryl methyl sites for hydroxylation is 2. The zero-order valence-corrected chi connectivity index (χ0v) is 15.1. The molecular weight excluding hydrogens is 316 g/mol. The summed E-state index contributed by atoms with van der Waals surface area (Å²) in [5, 5.41) is 0. The molecule has 0 atom stereocenters. The van der Waals surface area contributed by atoms with Gasteiger partial charge in [-0.3, -0.25) is 0 Å². The summed E-state index contributed by atoms with van der Waals surface area (Å²) < 4.78 is 2.28. The third-order valence-electron chi connectivity index (χ3n) is 4.67. The first-order valence-corrected chi connectivity index (χ1v) is 8.90. The van der Waals surface area contributed by atoms with E-state index >= 15 is 0 Å². The lowest BCUT2D eigenvalue weighted by molar-refractivity contribution is 0.965. The number of rotatable bonds is 4. The van der Waals surface area contributed by atoms with Crippen molar-refractivity contribution in [1.29, 1.82) is 0 Å². The lowest BCUT2D eigenvalue weighted by atomic mass is 10.2. The van der Waals surface area contributed by atoms with Gasteiger partial charge in [0, 0.05) is 34.1 Å². The number of benzene rings is 3. The van der Waals surface area contributed by atoms with Crippen molar-refractivity contribution in [3.63, 3.8) is 0 Å². The molecule has 0 aliphatic heterocycles. The van der Waals surface area contributed by atoms with E-state index in [1.54, 1.807) is 0 Å². The van der Waals surface area contributed by atoms with Crippen LogP contribution in [0.2, 0.25) is 0 Å². The summed E-state index contributed by atoms with van der Waals surface area (Å²) in [7, 11) is 0. The number of nitrogens with zero attached hydrogens (tertiary/aromatic N) is 2. The predicted octanol–water partition coefficient (Wildman–Crippen LogP) is 6.56. The van der Waals surface area contributed by atoms with Gasteiger partial charge in [-0.05, 0) is 74.5 Å². The van der Waals surface area contributed by atoms with Gasteiger partial charge in [-0.1, -0.05) is 36.4 Å². The van der Waals surface area contributed by atoms with Crippen LogP contribution in [0.3, 0.4) is 0 Å². The fourth-order valence-electron chi connectivity index (χ4n) is 3.43. The smallest absolute Gasteiger partial charge is 0.0463 e. The van der Waals surface area contributed by atoms with Crippen LogP contribution < -0.4 is 4.90 Å². The molecule has 0 spiro atoms. The second-order valence-corrected chi connectivity index (χ2v) is 6.47. The molecule has 0 unspecified atom stereocenters. The molecule has 3 aromatic carbocycles. The maximum atomic E-state index is 2.28. The van der Waals surface area contributed by atoms with Crippen molar-refractivity contribution in [2.24, 2.45) is 0 Å². The highest BCUT2D eigenvalue weighted by molar-refractivity contribution is 5.76. The van der Waals surface area contributed by atoms with E-state index in [9.17, 15) is 0 Å². The van der Waals surface area contributed by atoms with Crippen LogP contribution in [0.1, 0.15) is 11.4 Å². The third-order valence-corrected chi connectivity index (χ3v) is 4.67. The van der Waals surface area contributed by atoms with Crippen LogP contribution >= 0.6 is 0 Å². The van der Waals surface area contributed by atoms with E-state index in [4.69, 9.17) is 0 Å². The minimum atomic E-state index is 1.15. The molecule has 2 heteroatoms. The average molecular weight is 338 g/mol. The summed E-state index contributed by atoms with van der Waals surface area (Å²) in [6.45, 7) is 4.28. The highest BCUT2D eigenvalue weighted by atomic mass is 15.1. The molecule has 0 aliphatic rings. The largest absolute Gasteiger partial charge is 0.319 e. The number of para-hydroxylation sites is 2. The Labute approximate surface area is 155 Å². The second-order valence-electron chi connectivity index (χ2n) is 6.47. The molecule has 0 amide bonds. The normalized spacial score (nSPS) is 10.7. The highest BCUT2D eigenvalue weighted by Crippen LogP contribution is 2.34. The van der Waals surface area contributed by atoms with Crippen LogP contribution in [0.4, 0.5) is 17.1 Å². The number of hydrogen-bond donors (Lipinski definition) is 0. The Morgan fingerprint density at radius 2 is 0.923 bits per heavy atom. The van der Waals surface area contributed by atoms with Gasteiger partial charge in [-0.15, -0.1) is 0 Å².